The molecule has 1 saturated heterocycles. The van der Waals surface area contributed by atoms with Crippen LogP contribution in [0, 0.1) is 0 Å². The fourth-order valence-electron chi connectivity index (χ4n) is 2.73. The quantitative estimate of drug-likeness (QED) is 0.866. The summed E-state index contributed by atoms with van der Waals surface area (Å²) in [4.78, 5) is 17.9. The zero-order valence-corrected chi connectivity index (χ0v) is 15.3. The van der Waals surface area contributed by atoms with Crippen molar-refractivity contribution in [1.82, 2.24) is 9.88 Å². The molecular weight excluding hydrogens is 354 g/mol. The molecule has 2 amide bonds. The van der Waals surface area contributed by atoms with Crippen LogP contribution in [0.4, 0.5) is 10.5 Å². The van der Waals surface area contributed by atoms with E-state index in [1.165, 1.54) is 4.90 Å². The summed E-state index contributed by atoms with van der Waals surface area (Å²) in [6.45, 7) is 0.367. The number of hydrogen-bond donors (Lipinski definition) is 1. The first kappa shape index (κ1) is 18.2. The van der Waals surface area contributed by atoms with Gasteiger partial charge in [-0.15, -0.1) is 0 Å². The topological polar surface area (TPSA) is 88.6 Å². The number of carbonyl (C=O) groups is 1. The molecule has 1 unspecified atom stereocenters. The molecule has 1 aliphatic heterocycles. The second-order valence-electron chi connectivity index (χ2n) is 6.23. The predicted molar refractivity (Wildman–Crippen MR) is 98.9 cm³/mol. The van der Waals surface area contributed by atoms with Gasteiger partial charge in [-0.05, 0) is 42.8 Å². The van der Waals surface area contributed by atoms with E-state index in [2.05, 4.69) is 10.3 Å². The molecule has 1 N–H and O–H groups in total. The smallest absolute Gasteiger partial charge is 0.321 e. The van der Waals surface area contributed by atoms with Crippen LogP contribution in [0.2, 0.25) is 0 Å². The number of carbonyl (C=O) groups excluding carboxylic acids is 1. The normalized spacial score (nSPS) is 18.3. The Kier molecular flexibility index (Phi) is 5.41. The molecule has 0 aliphatic carbocycles. The van der Waals surface area contributed by atoms with Crippen molar-refractivity contribution < 1.29 is 17.9 Å². The van der Waals surface area contributed by atoms with Crippen LogP contribution in [0.3, 0.4) is 0 Å². The standard InChI is InChI=1S/C18H21N3O4S/c1-21(16-9-11-26(23,24)13-16)18(22)20-14-5-7-17(8-6-14)25-12-15-4-2-3-10-19-15/h2-8,10,16H,9,11-13H2,1H3,(H,20,22). The maximum atomic E-state index is 12.3. The Morgan fingerprint density at radius 3 is 2.65 bits per heavy atom. The first-order valence-corrected chi connectivity index (χ1v) is 10.1. The third-order valence-electron chi connectivity index (χ3n) is 4.29. The van der Waals surface area contributed by atoms with Gasteiger partial charge in [-0.2, -0.15) is 0 Å². The molecule has 3 rings (SSSR count). The molecule has 1 aromatic carbocycles. The lowest BCUT2D eigenvalue weighted by Crippen LogP contribution is -2.40. The summed E-state index contributed by atoms with van der Waals surface area (Å²) in [5.41, 5.74) is 1.45. The van der Waals surface area contributed by atoms with Gasteiger partial charge in [0.05, 0.1) is 17.2 Å². The van der Waals surface area contributed by atoms with E-state index in [1.54, 1.807) is 37.5 Å². The Morgan fingerprint density at radius 1 is 1.27 bits per heavy atom. The van der Waals surface area contributed by atoms with Crippen molar-refractivity contribution in [3.8, 4) is 5.75 Å². The number of amides is 2. The second kappa shape index (κ2) is 7.74. The van der Waals surface area contributed by atoms with Gasteiger partial charge < -0.3 is 15.0 Å². The van der Waals surface area contributed by atoms with Crippen LogP contribution in [0.1, 0.15) is 12.1 Å². The fourth-order valence-corrected chi connectivity index (χ4v) is 4.51. The summed E-state index contributed by atoms with van der Waals surface area (Å²) < 4.78 is 28.8. The highest BCUT2D eigenvalue weighted by Crippen LogP contribution is 2.20. The lowest BCUT2D eigenvalue weighted by molar-refractivity contribution is 0.209. The lowest BCUT2D eigenvalue weighted by Gasteiger charge is -2.23. The minimum Gasteiger partial charge on any atom is -0.487 e. The minimum atomic E-state index is -3.03. The number of urea groups is 1. The number of anilines is 1. The van der Waals surface area contributed by atoms with Crippen LogP contribution in [-0.4, -0.2) is 48.9 Å². The summed E-state index contributed by atoms with van der Waals surface area (Å²) in [6, 6.07) is 12.0. The molecule has 0 radical (unpaired) electrons. The maximum Gasteiger partial charge on any atom is 0.321 e. The second-order valence-corrected chi connectivity index (χ2v) is 8.46. The first-order valence-electron chi connectivity index (χ1n) is 8.30. The number of sulfone groups is 1. The number of rotatable bonds is 5. The van der Waals surface area contributed by atoms with Gasteiger partial charge in [0, 0.05) is 25.0 Å². The number of nitrogens with zero attached hydrogens (tertiary/aromatic N) is 2. The van der Waals surface area contributed by atoms with E-state index < -0.39 is 9.84 Å². The zero-order valence-electron chi connectivity index (χ0n) is 14.5. The molecule has 8 heteroatoms. The van der Waals surface area contributed by atoms with Crippen molar-refractivity contribution in [3.63, 3.8) is 0 Å². The summed E-state index contributed by atoms with van der Waals surface area (Å²) in [7, 11) is -1.41. The van der Waals surface area contributed by atoms with Crippen molar-refractivity contribution in [1.29, 1.82) is 0 Å². The van der Waals surface area contributed by atoms with Crippen LogP contribution in [-0.2, 0) is 16.4 Å². The summed E-state index contributed by atoms with van der Waals surface area (Å²) in [6.07, 6.45) is 2.19. The highest BCUT2D eigenvalue weighted by Gasteiger charge is 2.32. The fraction of sp³-hybridized carbons (Fsp3) is 0.333. The number of aromatic nitrogens is 1. The summed E-state index contributed by atoms with van der Waals surface area (Å²) >= 11 is 0. The SMILES string of the molecule is CN(C(=O)Nc1ccc(OCc2ccccn2)cc1)C1CCS(=O)(=O)C1. The Labute approximate surface area is 152 Å². The van der Waals surface area contributed by atoms with Gasteiger partial charge in [-0.25, -0.2) is 13.2 Å². The van der Waals surface area contributed by atoms with E-state index in [1.807, 2.05) is 18.2 Å². The van der Waals surface area contributed by atoms with Crippen LogP contribution in [0.25, 0.3) is 0 Å². The van der Waals surface area contributed by atoms with Gasteiger partial charge in [0.25, 0.3) is 0 Å². The molecule has 138 valence electrons. The monoisotopic (exact) mass is 375 g/mol. The van der Waals surface area contributed by atoms with Crippen LogP contribution in [0.15, 0.2) is 48.7 Å². The van der Waals surface area contributed by atoms with Crippen molar-refractivity contribution >= 4 is 21.6 Å². The van der Waals surface area contributed by atoms with Crippen molar-refractivity contribution in [2.45, 2.75) is 19.1 Å². The molecule has 0 spiro atoms. The Hall–Kier alpha value is -2.61. The number of nitrogens with one attached hydrogen (secondary N) is 1. The molecule has 1 aromatic heterocycles. The molecule has 26 heavy (non-hydrogen) atoms. The Bertz CT molecular complexity index is 854. The third kappa shape index (κ3) is 4.72. The van der Waals surface area contributed by atoms with E-state index in [0.29, 0.717) is 24.5 Å². The molecule has 0 bridgehead atoms. The van der Waals surface area contributed by atoms with E-state index in [-0.39, 0.29) is 23.6 Å². The Morgan fingerprint density at radius 2 is 2.04 bits per heavy atom. The molecule has 7 nitrogen and oxygen atoms in total. The van der Waals surface area contributed by atoms with Crippen LogP contribution < -0.4 is 10.1 Å². The van der Waals surface area contributed by atoms with Crippen molar-refractivity contribution in [2.75, 3.05) is 23.9 Å². The molecular formula is C18H21N3O4S. The molecule has 2 aromatic rings. The molecule has 0 saturated carbocycles. The van der Waals surface area contributed by atoms with Gasteiger partial charge in [0.1, 0.15) is 12.4 Å². The van der Waals surface area contributed by atoms with E-state index in [0.717, 1.165) is 5.69 Å². The molecule has 1 fully saturated rings. The van der Waals surface area contributed by atoms with Crippen molar-refractivity contribution in [3.05, 3.63) is 54.4 Å². The van der Waals surface area contributed by atoms with Gasteiger partial charge in [-0.3, -0.25) is 4.98 Å². The molecule has 1 aliphatic rings. The van der Waals surface area contributed by atoms with Crippen LogP contribution >= 0.6 is 0 Å². The van der Waals surface area contributed by atoms with Gasteiger partial charge in [0.15, 0.2) is 9.84 Å². The van der Waals surface area contributed by atoms with Gasteiger partial charge in [-0.1, -0.05) is 6.07 Å². The average molecular weight is 375 g/mol. The van der Waals surface area contributed by atoms with Crippen molar-refractivity contribution in [2.24, 2.45) is 0 Å². The third-order valence-corrected chi connectivity index (χ3v) is 6.05. The number of ether oxygens (including phenoxy) is 1. The number of benzene rings is 1. The van der Waals surface area contributed by atoms with Crippen LogP contribution in [0.5, 0.6) is 5.75 Å². The average Bonchev–Trinajstić information content (AvgIpc) is 3.01. The highest BCUT2D eigenvalue weighted by molar-refractivity contribution is 7.91. The predicted octanol–water partition coefficient (Wildman–Crippen LogP) is 2.31. The molecule has 1 atom stereocenters. The highest BCUT2D eigenvalue weighted by atomic mass is 32.2. The lowest BCUT2D eigenvalue weighted by atomic mass is 10.2. The van der Waals surface area contributed by atoms with Gasteiger partial charge >= 0.3 is 6.03 Å². The summed E-state index contributed by atoms with van der Waals surface area (Å²) in [5.74, 6) is 0.832. The molecule has 2 heterocycles. The largest absolute Gasteiger partial charge is 0.487 e. The van der Waals surface area contributed by atoms with E-state index >= 15 is 0 Å². The number of pyridine rings is 1. The van der Waals surface area contributed by atoms with Gasteiger partial charge in [0.2, 0.25) is 0 Å². The number of hydrogen-bond acceptors (Lipinski definition) is 5. The summed E-state index contributed by atoms with van der Waals surface area (Å²) in [5, 5.41) is 2.77. The Balaban J connectivity index is 1.53. The first-order chi connectivity index (χ1) is 12.4. The van der Waals surface area contributed by atoms with E-state index in [9.17, 15) is 13.2 Å². The van der Waals surface area contributed by atoms with E-state index in [4.69, 9.17) is 4.74 Å². The zero-order chi connectivity index (χ0) is 18.6. The minimum absolute atomic E-state index is 0.0250. The maximum absolute atomic E-state index is 12.3.